The van der Waals surface area contributed by atoms with E-state index in [0.29, 0.717) is 12.5 Å². The highest BCUT2D eigenvalue weighted by atomic mass is 16.1. The molecule has 0 aliphatic heterocycles. The van der Waals surface area contributed by atoms with Crippen molar-refractivity contribution >= 4 is 11.5 Å². The standard InChI is InChI=1S/C18H27NO/c1-4-6-8-13-18(19-14-15(3)20)17(5-2)16-11-9-7-10-12-16/h7,9-12,17H,4-6,8,13-14H2,1-3H3. The van der Waals surface area contributed by atoms with Crippen LogP contribution in [0.4, 0.5) is 0 Å². The lowest BCUT2D eigenvalue weighted by Gasteiger charge is -2.18. The molecule has 0 saturated heterocycles. The molecule has 0 aromatic heterocycles. The number of ketones is 1. The topological polar surface area (TPSA) is 29.4 Å². The van der Waals surface area contributed by atoms with Gasteiger partial charge in [-0.25, -0.2) is 0 Å². The monoisotopic (exact) mass is 273 g/mol. The Kier molecular flexibility index (Phi) is 7.86. The lowest BCUT2D eigenvalue weighted by atomic mass is 9.89. The number of carbonyl (C=O) groups is 1. The molecular formula is C18H27NO. The maximum absolute atomic E-state index is 11.2. The van der Waals surface area contributed by atoms with Gasteiger partial charge in [-0.15, -0.1) is 0 Å². The number of rotatable bonds is 9. The van der Waals surface area contributed by atoms with Crippen molar-refractivity contribution in [1.82, 2.24) is 0 Å². The highest BCUT2D eigenvalue weighted by molar-refractivity contribution is 5.92. The molecule has 1 rings (SSSR count). The Morgan fingerprint density at radius 3 is 2.40 bits per heavy atom. The molecule has 2 nitrogen and oxygen atoms in total. The number of hydrogen-bond acceptors (Lipinski definition) is 2. The number of hydrogen-bond donors (Lipinski definition) is 0. The summed E-state index contributed by atoms with van der Waals surface area (Å²) in [7, 11) is 0. The van der Waals surface area contributed by atoms with Gasteiger partial charge in [0.2, 0.25) is 0 Å². The van der Waals surface area contributed by atoms with Crippen molar-refractivity contribution in [3.05, 3.63) is 35.9 Å². The van der Waals surface area contributed by atoms with Gasteiger partial charge in [-0.2, -0.15) is 0 Å². The van der Waals surface area contributed by atoms with Crippen molar-refractivity contribution < 1.29 is 4.79 Å². The second-order valence-corrected chi connectivity index (χ2v) is 5.34. The summed E-state index contributed by atoms with van der Waals surface area (Å²) >= 11 is 0. The summed E-state index contributed by atoms with van der Waals surface area (Å²) in [5, 5.41) is 0. The molecule has 0 saturated carbocycles. The Hall–Kier alpha value is -1.44. The Labute approximate surface area is 123 Å². The van der Waals surface area contributed by atoms with Gasteiger partial charge in [0.15, 0.2) is 5.78 Å². The van der Waals surface area contributed by atoms with Crippen LogP contribution in [0.5, 0.6) is 0 Å². The minimum Gasteiger partial charge on any atom is -0.298 e. The average molecular weight is 273 g/mol. The van der Waals surface area contributed by atoms with Crippen molar-refractivity contribution in [2.75, 3.05) is 6.54 Å². The van der Waals surface area contributed by atoms with E-state index in [-0.39, 0.29) is 5.78 Å². The zero-order valence-corrected chi connectivity index (χ0v) is 13.1. The fraction of sp³-hybridized carbons (Fsp3) is 0.556. The number of aliphatic imine (C=N–C) groups is 1. The molecule has 110 valence electrons. The van der Waals surface area contributed by atoms with Gasteiger partial charge in [-0.1, -0.05) is 57.0 Å². The van der Waals surface area contributed by atoms with Crippen molar-refractivity contribution in [2.24, 2.45) is 4.99 Å². The fourth-order valence-electron chi connectivity index (χ4n) is 2.48. The second-order valence-electron chi connectivity index (χ2n) is 5.34. The predicted octanol–water partition coefficient (Wildman–Crippen LogP) is 4.79. The number of nitrogens with zero attached hydrogens (tertiary/aromatic N) is 1. The van der Waals surface area contributed by atoms with Crippen molar-refractivity contribution in [2.45, 2.75) is 58.8 Å². The van der Waals surface area contributed by atoms with Gasteiger partial charge in [0.25, 0.3) is 0 Å². The van der Waals surface area contributed by atoms with E-state index in [4.69, 9.17) is 0 Å². The van der Waals surface area contributed by atoms with Crippen LogP contribution in [0.25, 0.3) is 0 Å². The molecule has 0 N–H and O–H groups in total. The largest absolute Gasteiger partial charge is 0.298 e. The van der Waals surface area contributed by atoms with E-state index in [1.807, 2.05) is 6.07 Å². The number of benzene rings is 1. The van der Waals surface area contributed by atoms with E-state index in [9.17, 15) is 4.79 Å². The third-order valence-corrected chi connectivity index (χ3v) is 3.55. The van der Waals surface area contributed by atoms with Gasteiger partial charge in [-0.05, 0) is 31.7 Å². The molecule has 2 heteroatoms. The van der Waals surface area contributed by atoms with Gasteiger partial charge >= 0.3 is 0 Å². The molecule has 20 heavy (non-hydrogen) atoms. The van der Waals surface area contributed by atoms with Gasteiger partial charge in [-0.3, -0.25) is 9.79 Å². The first-order valence-electron chi connectivity index (χ1n) is 7.76. The number of Topliss-reactive ketones (excluding diaryl/α,β-unsaturated/α-hetero) is 1. The molecule has 0 aliphatic rings. The van der Waals surface area contributed by atoms with E-state index in [2.05, 4.69) is 43.1 Å². The van der Waals surface area contributed by atoms with Gasteiger partial charge in [0.1, 0.15) is 0 Å². The highest BCUT2D eigenvalue weighted by Crippen LogP contribution is 2.24. The first kappa shape index (κ1) is 16.6. The summed E-state index contributed by atoms with van der Waals surface area (Å²) in [4.78, 5) is 15.8. The van der Waals surface area contributed by atoms with Gasteiger partial charge < -0.3 is 0 Å². The maximum atomic E-state index is 11.2. The fourth-order valence-corrected chi connectivity index (χ4v) is 2.48. The molecular weight excluding hydrogens is 246 g/mol. The Morgan fingerprint density at radius 2 is 1.85 bits per heavy atom. The van der Waals surface area contributed by atoms with Crippen LogP contribution >= 0.6 is 0 Å². The number of carbonyl (C=O) groups excluding carboxylic acids is 1. The van der Waals surface area contributed by atoms with Crippen LogP contribution in [-0.4, -0.2) is 18.0 Å². The lowest BCUT2D eigenvalue weighted by Crippen LogP contribution is -2.14. The summed E-state index contributed by atoms with van der Waals surface area (Å²) in [6.07, 6.45) is 5.64. The minimum absolute atomic E-state index is 0.140. The third kappa shape index (κ3) is 5.68. The average Bonchev–Trinajstić information content (AvgIpc) is 2.46. The molecule has 1 aromatic carbocycles. The van der Waals surface area contributed by atoms with Crippen molar-refractivity contribution in [3.63, 3.8) is 0 Å². The summed E-state index contributed by atoms with van der Waals surface area (Å²) < 4.78 is 0. The zero-order chi connectivity index (χ0) is 14.8. The van der Waals surface area contributed by atoms with E-state index < -0.39 is 0 Å². The van der Waals surface area contributed by atoms with E-state index in [0.717, 1.165) is 19.3 Å². The Morgan fingerprint density at radius 1 is 1.15 bits per heavy atom. The third-order valence-electron chi connectivity index (χ3n) is 3.55. The van der Waals surface area contributed by atoms with Gasteiger partial charge in [0, 0.05) is 11.6 Å². The Balaban J connectivity index is 2.87. The van der Waals surface area contributed by atoms with Crippen molar-refractivity contribution in [1.29, 1.82) is 0 Å². The first-order valence-corrected chi connectivity index (χ1v) is 7.76. The quantitative estimate of drug-likeness (QED) is 0.470. The second kappa shape index (κ2) is 9.46. The zero-order valence-electron chi connectivity index (χ0n) is 13.1. The summed E-state index contributed by atoms with van der Waals surface area (Å²) in [5.74, 6) is 0.494. The number of unbranched alkanes of at least 4 members (excludes halogenated alkanes) is 2. The molecule has 1 atom stereocenters. The van der Waals surface area contributed by atoms with Crippen LogP contribution in [0.2, 0.25) is 0 Å². The predicted molar refractivity (Wildman–Crippen MR) is 86.6 cm³/mol. The molecule has 0 spiro atoms. The highest BCUT2D eigenvalue weighted by Gasteiger charge is 2.16. The van der Waals surface area contributed by atoms with Gasteiger partial charge in [0.05, 0.1) is 6.54 Å². The smallest absolute Gasteiger partial charge is 0.151 e. The summed E-state index contributed by atoms with van der Waals surface area (Å²) in [6, 6.07) is 10.5. The molecule has 0 heterocycles. The van der Waals surface area contributed by atoms with Crippen LogP contribution in [0, 0.1) is 0 Å². The maximum Gasteiger partial charge on any atom is 0.151 e. The molecule has 0 aliphatic carbocycles. The minimum atomic E-state index is 0.140. The van der Waals surface area contributed by atoms with Crippen LogP contribution in [0.1, 0.15) is 64.4 Å². The molecule has 0 fully saturated rings. The van der Waals surface area contributed by atoms with Crippen LogP contribution < -0.4 is 0 Å². The normalized spacial score (nSPS) is 13.2. The van der Waals surface area contributed by atoms with Crippen LogP contribution in [0.3, 0.4) is 0 Å². The summed E-state index contributed by atoms with van der Waals surface area (Å²) in [5.41, 5.74) is 2.51. The van der Waals surface area contributed by atoms with E-state index in [1.165, 1.54) is 24.1 Å². The Bertz CT molecular complexity index is 422. The van der Waals surface area contributed by atoms with Crippen molar-refractivity contribution in [3.8, 4) is 0 Å². The molecule has 1 aromatic rings. The molecule has 0 amide bonds. The van der Waals surface area contributed by atoms with Crippen LogP contribution in [-0.2, 0) is 4.79 Å². The first-order chi connectivity index (χ1) is 9.69. The molecule has 1 unspecified atom stereocenters. The molecule has 0 bridgehead atoms. The van der Waals surface area contributed by atoms with E-state index >= 15 is 0 Å². The SMILES string of the molecule is CCCCCC(=NCC(C)=O)C(CC)c1ccccc1. The van der Waals surface area contributed by atoms with Crippen LogP contribution in [0.15, 0.2) is 35.3 Å². The molecule has 0 radical (unpaired) electrons. The lowest BCUT2D eigenvalue weighted by molar-refractivity contribution is -0.115. The summed E-state index contributed by atoms with van der Waals surface area (Å²) in [6.45, 7) is 6.34. The van der Waals surface area contributed by atoms with E-state index in [1.54, 1.807) is 6.92 Å².